The standard InChI is InChI=1S/C30H28F3N7O3/c1-16-3-6-22(37-29(43)25-12-21(14-35-40-25)30(31,32)33)13-23(16)20-9-24(38-27(11-20)36-17(2)15-41)19-7-8-34-26(10-19)39-28(42)18-4-5-18/h3,6-14,17-18,41H,4-5,15H2,1-2H3,(H,36,38)(H,37,43)(H,34,39,42)/t17-/m1/s1. The maximum Gasteiger partial charge on any atom is 0.418 e. The molecule has 1 aromatic carbocycles. The molecule has 3 heterocycles. The molecule has 1 saturated carbocycles. The first-order chi connectivity index (χ1) is 20.5. The van der Waals surface area contributed by atoms with Crippen LogP contribution in [0, 0.1) is 12.8 Å². The highest BCUT2D eigenvalue weighted by molar-refractivity contribution is 6.03. The number of anilines is 3. The van der Waals surface area contributed by atoms with Crippen LogP contribution in [0.5, 0.6) is 0 Å². The van der Waals surface area contributed by atoms with Crippen molar-refractivity contribution in [2.75, 3.05) is 22.6 Å². The van der Waals surface area contributed by atoms with Gasteiger partial charge in [-0.1, -0.05) is 6.07 Å². The van der Waals surface area contributed by atoms with E-state index in [0.717, 1.165) is 18.4 Å². The number of aliphatic hydroxyl groups excluding tert-OH is 1. The van der Waals surface area contributed by atoms with Crippen LogP contribution in [0.3, 0.4) is 0 Å². The average molecular weight is 592 g/mol. The molecule has 4 N–H and O–H groups in total. The molecule has 3 aromatic heterocycles. The van der Waals surface area contributed by atoms with Crippen LogP contribution < -0.4 is 16.0 Å². The zero-order valence-corrected chi connectivity index (χ0v) is 23.2. The number of hydrogen-bond donors (Lipinski definition) is 4. The van der Waals surface area contributed by atoms with Crippen LogP contribution in [0.4, 0.5) is 30.5 Å². The smallest absolute Gasteiger partial charge is 0.394 e. The molecular formula is C30H28F3N7O3. The highest BCUT2D eigenvalue weighted by Gasteiger charge is 2.32. The van der Waals surface area contributed by atoms with Gasteiger partial charge in [0.2, 0.25) is 5.91 Å². The first kappa shape index (κ1) is 29.6. The first-order valence-corrected chi connectivity index (χ1v) is 13.5. The second-order valence-corrected chi connectivity index (χ2v) is 10.4. The molecule has 0 bridgehead atoms. The lowest BCUT2D eigenvalue weighted by Gasteiger charge is -2.16. The number of nitrogens with zero attached hydrogens (tertiary/aromatic N) is 4. The van der Waals surface area contributed by atoms with Gasteiger partial charge in [-0.25, -0.2) is 9.97 Å². The van der Waals surface area contributed by atoms with E-state index in [4.69, 9.17) is 4.98 Å². The summed E-state index contributed by atoms with van der Waals surface area (Å²) >= 11 is 0. The molecule has 1 aliphatic rings. The molecule has 1 aliphatic carbocycles. The molecule has 1 fully saturated rings. The van der Waals surface area contributed by atoms with E-state index in [-0.39, 0.29) is 24.5 Å². The van der Waals surface area contributed by atoms with E-state index in [1.54, 1.807) is 49.5 Å². The third kappa shape index (κ3) is 7.30. The summed E-state index contributed by atoms with van der Waals surface area (Å²) in [5, 5.41) is 25.1. The molecule has 4 aromatic rings. The molecular weight excluding hydrogens is 563 g/mol. The number of aliphatic hydroxyl groups is 1. The Labute approximate surface area is 244 Å². The van der Waals surface area contributed by atoms with Gasteiger partial charge in [0.1, 0.15) is 11.6 Å². The Bertz CT molecular complexity index is 1680. The second kappa shape index (κ2) is 12.1. The van der Waals surface area contributed by atoms with Gasteiger partial charge in [0.15, 0.2) is 5.69 Å². The van der Waals surface area contributed by atoms with E-state index in [1.165, 1.54) is 0 Å². The van der Waals surface area contributed by atoms with Crippen molar-refractivity contribution in [3.05, 3.63) is 77.7 Å². The number of hydrogen-bond acceptors (Lipinski definition) is 8. The van der Waals surface area contributed by atoms with Crippen LogP contribution in [0.2, 0.25) is 0 Å². The number of rotatable bonds is 9. The van der Waals surface area contributed by atoms with Crippen molar-refractivity contribution < 1.29 is 27.9 Å². The lowest BCUT2D eigenvalue weighted by Crippen LogP contribution is -2.20. The van der Waals surface area contributed by atoms with Gasteiger partial charge >= 0.3 is 6.18 Å². The number of aromatic nitrogens is 4. The summed E-state index contributed by atoms with van der Waals surface area (Å²) in [6.07, 6.45) is -0.816. The molecule has 2 amide bonds. The summed E-state index contributed by atoms with van der Waals surface area (Å²) in [7, 11) is 0. The Morgan fingerprint density at radius 2 is 1.79 bits per heavy atom. The van der Waals surface area contributed by atoms with Crippen LogP contribution in [0.15, 0.2) is 60.9 Å². The first-order valence-electron chi connectivity index (χ1n) is 13.5. The minimum absolute atomic E-state index is 0.0130. The fourth-order valence-corrected chi connectivity index (χ4v) is 4.28. The third-order valence-corrected chi connectivity index (χ3v) is 6.77. The lowest BCUT2D eigenvalue weighted by atomic mass is 9.98. The highest BCUT2D eigenvalue weighted by atomic mass is 19.4. The highest BCUT2D eigenvalue weighted by Crippen LogP contribution is 2.34. The predicted molar refractivity (Wildman–Crippen MR) is 154 cm³/mol. The topological polar surface area (TPSA) is 142 Å². The molecule has 43 heavy (non-hydrogen) atoms. The van der Waals surface area contributed by atoms with E-state index >= 15 is 0 Å². The summed E-state index contributed by atoms with van der Waals surface area (Å²) in [4.78, 5) is 34.0. The molecule has 222 valence electrons. The molecule has 0 spiro atoms. The number of halogens is 3. The number of nitrogens with one attached hydrogen (secondary N) is 3. The Morgan fingerprint density at radius 1 is 1.02 bits per heavy atom. The molecule has 13 heteroatoms. The van der Waals surface area contributed by atoms with E-state index in [2.05, 4.69) is 31.1 Å². The number of benzene rings is 1. The maximum absolute atomic E-state index is 13.1. The average Bonchev–Trinajstić information content (AvgIpc) is 3.84. The van der Waals surface area contributed by atoms with E-state index in [0.29, 0.717) is 52.0 Å². The SMILES string of the molecule is Cc1ccc(NC(=O)c2cc(C(F)(F)F)cnn2)cc1-c1cc(N[C@H](C)CO)nc(-c2ccnc(NC(=O)C3CC3)c2)c1. The molecule has 1 atom stereocenters. The van der Waals surface area contributed by atoms with Crippen molar-refractivity contribution in [3.8, 4) is 22.4 Å². The molecule has 0 aliphatic heterocycles. The fraction of sp³-hybridized carbons (Fsp3) is 0.267. The van der Waals surface area contributed by atoms with Crippen molar-refractivity contribution in [1.82, 2.24) is 20.2 Å². The Morgan fingerprint density at radius 3 is 2.51 bits per heavy atom. The predicted octanol–water partition coefficient (Wildman–Crippen LogP) is 5.32. The van der Waals surface area contributed by atoms with E-state index < -0.39 is 23.3 Å². The fourth-order valence-electron chi connectivity index (χ4n) is 4.28. The van der Waals surface area contributed by atoms with Gasteiger partial charge < -0.3 is 21.1 Å². The van der Waals surface area contributed by atoms with Crippen LogP contribution in [0.25, 0.3) is 22.4 Å². The number of pyridine rings is 2. The third-order valence-electron chi connectivity index (χ3n) is 6.77. The van der Waals surface area contributed by atoms with Crippen molar-refractivity contribution in [3.63, 3.8) is 0 Å². The number of carbonyl (C=O) groups is 2. The lowest BCUT2D eigenvalue weighted by molar-refractivity contribution is -0.138. The Hall–Kier alpha value is -4.91. The largest absolute Gasteiger partial charge is 0.418 e. The number of aryl methyl sites for hydroxylation is 1. The summed E-state index contributed by atoms with van der Waals surface area (Å²) in [5.41, 5.74) is 2.30. The minimum atomic E-state index is -4.67. The zero-order chi connectivity index (χ0) is 30.7. The van der Waals surface area contributed by atoms with Gasteiger partial charge in [0.25, 0.3) is 5.91 Å². The quantitative estimate of drug-likeness (QED) is 0.205. The molecule has 5 rings (SSSR count). The second-order valence-electron chi connectivity index (χ2n) is 10.4. The molecule has 10 nitrogen and oxygen atoms in total. The van der Waals surface area contributed by atoms with Gasteiger partial charge in [0, 0.05) is 29.4 Å². The number of alkyl halides is 3. The van der Waals surface area contributed by atoms with Crippen molar-refractivity contribution in [2.24, 2.45) is 5.92 Å². The normalized spacial score (nSPS) is 13.7. The van der Waals surface area contributed by atoms with Crippen molar-refractivity contribution in [2.45, 2.75) is 38.9 Å². The van der Waals surface area contributed by atoms with E-state index in [9.17, 15) is 27.9 Å². The number of amides is 2. The zero-order valence-electron chi connectivity index (χ0n) is 23.2. The van der Waals surface area contributed by atoms with Gasteiger partial charge in [-0.15, -0.1) is 5.10 Å². The van der Waals surface area contributed by atoms with Crippen molar-refractivity contribution in [1.29, 1.82) is 0 Å². The van der Waals surface area contributed by atoms with Crippen molar-refractivity contribution >= 4 is 29.1 Å². The number of carbonyl (C=O) groups excluding carboxylic acids is 2. The van der Waals surface area contributed by atoms with Gasteiger partial charge in [-0.05, 0) is 85.8 Å². The summed E-state index contributed by atoms with van der Waals surface area (Å²) < 4.78 is 39.3. The Balaban J connectivity index is 1.48. The van der Waals surface area contributed by atoms with E-state index in [1.807, 2.05) is 13.0 Å². The van der Waals surface area contributed by atoms with Crippen LogP contribution in [-0.4, -0.2) is 49.7 Å². The maximum atomic E-state index is 13.1. The minimum Gasteiger partial charge on any atom is -0.394 e. The van der Waals surface area contributed by atoms with Gasteiger partial charge in [0.05, 0.1) is 24.1 Å². The van der Waals surface area contributed by atoms with Crippen LogP contribution in [0.1, 0.15) is 41.4 Å². The summed E-state index contributed by atoms with van der Waals surface area (Å²) in [6, 6.07) is 12.5. The van der Waals surface area contributed by atoms with Gasteiger partial charge in [-0.3, -0.25) is 9.59 Å². The molecule has 0 radical (unpaired) electrons. The Kier molecular flexibility index (Phi) is 8.35. The molecule has 0 saturated heterocycles. The van der Waals surface area contributed by atoms with Crippen LogP contribution in [-0.2, 0) is 11.0 Å². The monoisotopic (exact) mass is 591 g/mol. The van der Waals surface area contributed by atoms with Crippen LogP contribution >= 0.6 is 0 Å². The summed E-state index contributed by atoms with van der Waals surface area (Å²) in [5.74, 6) is -0.0310. The molecule has 0 unspecified atom stereocenters. The van der Waals surface area contributed by atoms with Gasteiger partial charge in [-0.2, -0.15) is 18.3 Å². The summed E-state index contributed by atoms with van der Waals surface area (Å²) in [6.45, 7) is 3.54.